The number of nitrogens with two attached hydrogens (primary N) is 1. The smallest absolute Gasteiger partial charge is 0.246 e. The highest BCUT2D eigenvalue weighted by atomic mass is 16.5. The summed E-state index contributed by atoms with van der Waals surface area (Å²) >= 11 is 0. The minimum atomic E-state index is -0.383. The van der Waals surface area contributed by atoms with Gasteiger partial charge in [0.2, 0.25) is 11.7 Å². The van der Waals surface area contributed by atoms with Crippen molar-refractivity contribution in [2.24, 2.45) is 5.73 Å². The first-order valence-electron chi connectivity index (χ1n) is 4.53. The zero-order valence-corrected chi connectivity index (χ0v) is 8.30. The summed E-state index contributed by atoms with van der Waals surface area (Å²) in [5.74, 6) is 0.878. The van der Waals surface area contributed by atoms with Gasteiger partial charge in [0.25, 0.3) is 0 Å². The van der Waals surface area contributed by atoms with Gasteiger partial charge in [-0.05, 0) is 12.1 Å². The van der Waals surface area contributed by atoms with Crippen LogP contribution in [-0.4, -0.2) is 28.8 Å². The van der Waals surface area contributed by atoms with Crippen molar-refractivity contribution in [2.75, 3.05) is 13.7 Å². The van der Waals surface area contributed by atoms with Crippen molar-refractivity contribution in [2.45, 2.75) is 6.04 Å². The molecule has 0 radical (unpaired) electrons. The van der Waals surface area contributed by atoms with E-state index in [0.717, 1.165) is 5.69 Å². The number of nitrogens with zero attached hydrogens (tertiary/aromatic N) is 2. The molecule has 1 atom stereocenters. The van der Waals surface area contributed by atoms with E-state index in [9.17, 15) is 0 Å². The van der Waals surface area contributed by atoms with E-state index in [-0.39, 0.29) is 6.04 Å². The maximum Gasteiger partial charge on any atom is 0.246 e. The van der Waals surface area contributed by atoms with Crippen LogP contribution in [0, 0.1) is 0 Å². The van der Waals surface area contributed by atoms with Crippen molar-refractivity contribution in [1.82, 2.24) is 15.1 Å². The van der Waals surface area contributed by atoms with Crippen molar-refractivity contribution < 1.29 is 9.26 Å². The second kappa shape index (κ2) is 4.24. The van der Waals surface area contributed by atoms with Crippen LogP contribution in [0.1, 0.15) is 11.9 Å². The quantitative estimate of drug-likeness (QED) is 0.772. The Labute approximate surface area is 86.4 Å². The molecular weight excluding hydrogens is 196 g/mol. The molecule has 1 unspecified atom stereocenters. The molecule has 2 aromatic rings. The topological polar surface area (TPSA) is 90.0 Å². The summed E-state index contributed by atoms with van der Waals surface area (Å²) in [7, 11) is 1.57. The van der Waals surface area contributed by atoms with E-state index in [4.69, 9.17) is 15.0 Å². The number of methoxy groups -OCH3 is 1. The lowest BCUT2D eigenvalue weighted by atomic mass is 10.3. The first kappa shape index (κ1) is 9.88. The minimum absolute atomic E-state index is 0.354. The normalized spacial score (nSPS) is 12.9. The summed E-state index contributed by atoms with van der Waals surface area (Å²) in [6.07, 6.45) is 1.79. The third-order valence-electron chi connectivity index (χ3n) is 1.94. The van der Waals surface area contributed by atoms with Crippen molar-refractivity contribution in [3.05, 3.63) is 24.2 Å². The van der Waals surface area contributed by atoms with Crippen LogP contribution in [0.4, 0.5) is 0 Å². The molecule has 0 saturated heterocycles. The standard InChI is InChI=1S/C9H12N4O2/c1-14-5-6(10)9-12-8(13-15-9)7-3-2-4-11-7/h2-4,6,11H,5,10H2,1H3. The Morgan fingerprint density at radius 1 is 1.67 bits per heavy atom. The molecule has 6 heteroatoms. The van der Waals surface area contributed by atoms with Gasteiger partial charge in [-0.15, -0.1) is 0 Å². The summed E-state index contributed by atoms with van der Waals surface area (Å²) in [5.41, 5.74) is 6.54. The number of aromatic nitrogens is 3. The van der Waals surface area contributed by atoms with Gasteiger partial charge in [0.1, 0.15) is 6.04 Å². The highest BCUT2D eigenvalue weighted by Crippen LogP contribution is 2.15. The minimum Gasteiger partial charge on any atom is -0.383 e. The van der Waals surface area contributed by atoms with Crippen LogP contribution in [0.3, 0.4) is 0 Å². The molecule has 0 amide bonds. The van der Waals surface area contributed by atoms with Crippen LogP contribution in [-0.2, 0) is 4.74 Å². The van der Waals surface area contributed by atoms with Crippen molar-refractivity contribution >= 4 is 0 Å². The predicted octanol–water partition coefficient (Wildman–Crippen LogP) is 0.711. The first-order valence-corrected chi connectivity index (χ1v) is 4.53. The number of nitrogens with one attached hydrogen (secondary N) is 1. The number of hydrogen-bond donors (Lipinski definition) is 2. The molecule has 0 aliphatic rings. The third kappa shape index (κ3) is 2.05. The maximum atomic E-state index is 5.74. The molecular formula is C9H12N4O2. The molecule has 0 aliphatic heterocycles. The fourth-order valence-electron chi connectivity index (χ4n) is 1.22. The highest BCUT2D eigenvalue weighted by Gasteiger charge is 2.15. The Balaban J connectivity index is 2.17. The van der Waals surface area contributed by atoms with E-state index in [2.05, 4.69) is 15.1 Å². The summed E-state index contributed by atoms with van der Waals surface area (Å²) in [6, 6.07) is 3.34. The molecule has 0 fully saturated rings. The van der Waals surface area contributed by atoms with Gasteiger partial charge < -0.3 is 20.0 Å². The van der Waals surface area contributed by atoms with Crippen LogP contribution in [0.15, 0.2) is 22.9 Å². The second-order valence-corrected chi connectivity index (χ2v) is 3.10. The fraction of sp³-hybridized carbons (Fsp3) is 0.333. The molecule has 2 heterocycles. The van der Waals surface area contributed by atoms with Gasteiger partial charge in [0, 0.05) is 13.3 Å². The van der Waals surface area contributed by atoms with Crippen LogP contribution in [0.25, 0.3) is 11.5 Å². The lowest BCUT2D eigenvalue weighted by molar-refractivity contribution is 0.166. The molecule has 2 rings (SSSR count). The van der Waals surface area contributed by atoms with E-state index in [1.807, 2.05) is 12.1 Å². The van der Waals surface area contributed by atoms with Crippen LogP contribution < -0.4 is 5.73 Å². The van der Waals surface area contributed by atoms with Crippen molar-refractivity contribution in [1.29, 1.82) is 0 Å². The zero-order valence-electron chi connectivity index (χ0n) is 8.30. The number of rotatable bonds is 4. The van der Waals surface area contributed by atoms with Crippen LogP contribution >= 0.6 is 0 Å². The Morgan fingerprint density at radius 3 is 3.20 bits per heavy atom. The molecule has 0 saturated carbocycles. The van der Waals surface area contributed by atoms with Gasteiger partial charge in [-0.3, -0.25) is 0 Å². The van der Waals surface area contributed by atoms with Crippen molar-refractivity contribution in [3.8, 4) is 11.5 Å². The monoisotopic (exact) mass is 208 g/mol. The summed E-state index contributed by atoms with van der Waals surface area (Å²) < 4.78 is 9.91. The Morgan fingerprint density at radius 2 is 2.53 bits per heavy atom. The molecule has 0 bridgehead atoms. The molecule has 0 aliphatic carbocycles. The van der Waals surface area contributed by atoms with E-state index < -0.39 is 0 Å². The number of hydrogen-bond acceptors (Lipinski definition) is 5. The predicted molar refractivity (Wildman–Crippen MR) is 52.9 cm³/mol. The Bertz CT molecular complexity index is 409. The van der Waals surface area contributed by atoms with E-state index in [1.54, 1.807) is 13.3 Å². The molecule has 15 heavy (non-hydrogen) atoms. The average Bonchev–Trinajstić information content (AvgIpc) is 2.89. The molecule has 0 spiro atoms. The molecule has 0 aromatic carbocycles. The van der Waals surface area contributed by atoms with Gasteiger partial charge >= 0.3 is 0 Å². The molecule has 6 nitrogen and oxygen atoms in total. The van der Waals surface area contributed by atoms with E-state index in [0.29, 0.717) is 18.3 Å². The van der Waals surface area contributed by atoms with Gasteiger partial charge in [-0.2, -0.15) is 4.98 Å². The Kier molecular flexibility index (Phi) is 2.79. The van der Waals surface area contributed by atoms with Crippen molar-refractivity contribution in [3.63, 3.8) is 0 Å². The van der Waals surface area contributed by atoms with E-state index in [1.165, 1.54) is 0 Å². The van der Waals surface area contributed by atoms with Gasteiger partial charge in [0.05, 0.1) is 12.3 Å². The van der Waals surface area contributed by atoms with Crippen LogP contribution in [0.2, 0.25) is 0 Å². The number of aromatic amines is 1. The van der Waals surface area contributed by atoms with Gasteiger partial charge in [-0.1, -0.05) is 5.16 Å². The van der Waals surface area contributed by atoms with Gasteiger partial charge in [0.15, 0.2) is 0 Å². The van der Waals surface area contributed by atoms with Gasteiger partial charge in [-0.25, -0.2) is 0 Å². The van der Waals surface area contributed by atoms with Crippen LogP contribution in [0.5, 0.6) is 0 Å². The Hall–Kier alpha value is -1.66. The third-order valence-corrected chi connectivity index (χ3v) is 1.94. The fourth-order valence-corrected chi connectivity index (χ4v) is 1.22. The highest BCUT2D eigenvalue weighted by molar-refractivity contribution is 5.47. The number of ether oxygens (including phenoxy) is 1. The summed E-state index contributed by atoms with van der Waals surface area (Å²) in [4.78, 5) is 7.14. The number of H-pyrrole nitrogens is 1. The molecule has 80 valence electrons. The summed E-state index contributed by atoms with van der Waals surface area (Å²) in [5, 5.41) is 3.81. The first-order chi connectivity index (χ1) is 7.31. The average molecular weight is 208 g/mol. The van der Waals surface area contributed by atoms with E-state index >= 15 is 0 Å². The lowest BCUT2D eigenvalue weighted by Gasteiger charge is -2.02. The lowest BCUT2D eigenvalue weighted by Crippen LogP contribution is -2.16. The molecule has 3 N–H and O–H groups in total. The zero-order chi connectivity index (χ0) is 10.7. The largest absolute Gasteiger partial charge is 0.383 e. The summed E-state index contributed by atoms with van der Waals surface area (Å²) in [6.45, 7) is 0.354. The maximum absolute atomic E-state index is 5.74. The molecule has 2 aromatic heterocycles. The second-order valence-electron chi connectivity index (χ2n) is 3.10. The SMILES string of the molecule is COCC(N)c1nc(-c2ccc[nH]2)no1.